The van der Waals surface area contributed by atoms with E-state index in [1.807, 2.05) is 6.07 Å². The Morgan fingerprint density at radius 3 is 2.91 bits per heavy atom. The van der Waals surface area contributed by atoms with Gasteiger partial charge in [0.1, 0.15) is 5.82 Å². The third kappa shape index (κ3) is 3.13. The van der Waals surface area contributed by atoms with Crippen molar-refractivity contribution in [2.24, 2.45) is 0 Å². The summed E-state index contributed by atoms with van der Waals surface area (Å²) in [6.45, 7) is 5.18. The van der Waals surface area contributed by atoms with Crippen LogP contribution in [0, 0.1) is 6.92 Å². The molecule has 1 atom stereocenters. The van der Waals surface area contributed by atoms with Crippen molar-refractivity contribution in [3.8, 4) is 0 Å². The van der Waals surface area contributed by atoms with Crippen LogP contribution in [0.25, 0.3) is 11.0 Å². The Balaban J connectivity index is 1.50. The zero-order valence-electron chi connectivity index (χ0n) is 13.5. The molecule has 4 nitrogen and oxygen atoms in total. The number of H-pyrrole nitrogens is 1. The Bertz CT molecular complexity index is 775. The Labute approximate surface area is 136 Å². The molecular weight excluding hydrogens is 284 g/mol. The van der Waals surface area contributed by atoms with Gasteiger partial charge in [-0.05, 0) is 50.6 Å². The minimum absolute atomic E-state index is 0.487. The van der Waals surface area contributed by atoms with E-state index in [1.54, 1.807) is 0 Å². The van der Waals surface area contributed by atoms with Gasteiger partial charge in [-0.1, -0.05) is 18.2 Å². The Morgan fingerprint density at radius 1 is 1.13 bits per heavy atom. The molecule has 3 aromatic rings. The van der Waals surface area contributed by atoms with Gasteiger partial charge in [-0.15, -0.1) is 0 Å². The number of pyridine rings is 1. The number of hydrogen-bond donors (Lipinski definition) is 1. The van der Waals surface area contributed by atoms with E-state index in [2.05, 4.69) is 58.2 Å². The smallest absolute Gasteiger partial charge is 0.111 e. The molecule has 1 fully saturated rings. The molecular formula is C19H22N4. The van der Waals surface area contributed by atoms with Crippen LogP contribution in [0.5, 0.6) is 0 Å². The monoisotopic (exact) mass is 306 g/mol. The van der Waals surface area contributed by atoms with Crippen LogP contribution in [0.4, 0.5) is 0 Å². The van der Waals surface area contributed by atoms with Crippen LogP contribution in [0.2, 0.25) is 0 Å². The Hall–Kier alpha value is -2.20. The number of para-hydroxylation sites is 2. The molecule has 1 aromatic carbocycles. The van der Waals surface area contributed by atoms with Gasteiger partial charge in [0.25, 0.3) is 0 Å². The third-order valence-corrected chi connectivity index (χ3v) is 4.63. The van der Waals surface area contributed by atoms with E-state index >= 15 is 0 Å². The standard InChI is InChI=1S/C19H22N4/c1-14-6-4-8-16(20-14)13-23-11-5-7-15(12-23)19-21-17-9-2-3-10-18(17)22-19/h2-4,6,8-10,15H,5,7,11-13H2,1H3,(H,21,22). The molecule has 4 rings (SSSR count). The molecule has 4 heteroatoms. The molecule has 2 aromatic heterocycles. The van der Waals surface area contributed by atoms with E-state index in [-0.39, 0.29) is 0 Å². The number of aryl methyl sites for hydroxylation is 1. The zero-order valence-corrected chi connectivity index (χ0v) is 13.5. The molecule has 1 unspecified atom stereocenters. The molecule has 1 aliphatic heterocycles. The lowest BCUT2D eigenvalue weighted by Crippen LogP contribution is -2.34. The molecule has 0 radical (unpaired) electrons. The molecule has 0 bridgehead atoms. The second kappa shape index (κ2) is 6.13. The molecule has 1 N–H and O–H groups in total. The topological polar surface area (TPSA) is 44.8 Å². The first-order valence-corrected chi connectivity index (χ1v) is 8.37. The van der Waals surface area contributed by atoms with Crippen molar-refractivity contribution in [2.75, 3.05) is 13.1 Å². The summed E-state index contributed by atoms with van der Waals surface area (Å²) < 4.78 is 0. The fourth-order valence-electron chi connectivity index (χ4n) is 3.50. The molecule has 0 aliphatic carbocycles. The highest BCUT2D eigenvalue weighted by atomic mass is 15.1. The van der Waals surface area contributed by atoms with Crippen LogP contribution in [0.1, 0.15) is 36.0 Å². The van der Waals surface area contributed by atoms with E-state index in [4.69, 9.17) is 4.98 Å². The highest BCUT2D eigenvalue weighted by molar-refractivity contribution is 5.74. The summed E-state index contributed by atoms with van der Waals surface area (Å²) in [4.78, 5) is 15.4. The Kier molecular flexibility index (Phi) is 3.83. The first-order chi connectivity index (χ1) is 11.3. The summed E-state index contributed by atoms with van der Waals surface area (Å²) >= 11 is 0. The second-order valence-electron chi connectivity index (χ2n) is 6.48. The van der Waals surface area contributed by atoms with Crippen LogP contribution in [-0.2, 0) is 6.54 Å². The van der Waals surface area contributed by atoms with Crippen LogP contribution in [-0.4, -0.2) is 32.9 Å². The average Bonchev–Trinajstić information content (AvgIpc) is 2.99. The van der Waals surface area contributed by atoms with Crippen molar-refractivity contribution < 1.29 is 0 Å². The average molecular weight is 306 g/mol. The maximum atomic E-state index is 4.79. The number of benzene rings is 1. The van der Waals surface area contributed by atoms with Gasteiger partial charge in [0, 0.05) is 24.7 Å². The Morgan fingerprint density at radius 2 is 2.04 bits per heavy atom. The normalized spacial score (nSPS) is 19.3. The van der Waals surface area contributed by atoms with E-state index in [0.29, 0.717) is 5.92 Å². The van der Waals surface area contributed by atoms with Crippen molar-refractivity contribution >= 4 is 11.0 Å². The number of fused-ring (bicyclic) bond motifs is 1. The zero-order chi connectivity index (χ0) is 15.6. The number of aromatic amines is 1. The molecule has 3 heterocycles. The molecule has 0 spiro atoms. The summed E-state index contributed by atoms with van der Waals surface area (Å²) in [5.74, 6) is 1.62. The minimum Gasteiger partial charge on any atom is -0.342 e. The van der Waals surface area contributed by atoms with Gasteiger partial charge in [-0.2, -0.15) is 0 Å². The van der Waals surface area contributed by atoms with Crippen molar-refractivity contribution in [3.63, 3.8) is 0 Å². The molecule has 1 saturated heterocycles. The number of nitrogens with zero attached hydrogens (tertiary/aromatic N) is 3. The highest BCUT2D eigenvalue weighted by Gasteiger charge is 2.24. The summed E-state index contributed by atoms with van der Waals surface area (Å²) in [5.41, 5.74) is 4.46. The van der Waals surface area contributed by atoms with E-state index in [0.717, 1.165) is 47.9 Å². The number of nitrogens with one attached hydrogen (secondary N) is 1. The fourth-order valence-corrected chi connectivity index (χ4v) is 3.50. The van der Waals surface area contributed by atoms with Gasteiger partial charge in [0.05, 0.1) is 16.7 Å². The SMILES string of the molecule is Cc1cccc(CN2CCCC(c3nc4ccccc4[nH]3)C2)n1. The van der Waals surface area contributed by atoms with Crippen LogP contribution in [0.15, 0.2) is 42.5 Å². The third-order valence-electron chi connectivity index (χ3n) is 4.63. The first-order valence-electron chi connectivity index (χ1n) is 8.37. The van der Waals surface area contributed by atoms with Gasteiger partial charge in [0.2, 0.25) is 0 Å². The van der Waals surface area contributed by atoms with Crippen LogP contribution >= 0.6 is 0 Å². The maximum Gasteiger partial charge on any atom is 0.111 e. The summed E-state index contributed by atoms with van der Waals surface area (Å²) in [6, 6.07) is 14.5. The van der Waals surface area contributed by atoms with E-state index in [1.165, 1.54) is 12.8 Å². The van der Waals surface area contributed by atoms with Crippen LogP contribution < -0.4 is 0 Å². The fraction of sp³-hybridized carbons (Fsp3) is 0.368. The van der Waals surface area contributed by atoms with Gasteiger partial charge in [0.15, 0.2) is 0 Å². The molecule has 0 saturated carbocycles. The molecule has 118 valence electrons. The summed E-state index contributed by atoms with van der Waals surface area (Å²) in [6.07, 6.45) is 2.42. The largest absolute Gasteiger partial charge is 0.342 e. The lowest BCUT2D eigenvalue weighted by Gasteiger charge is -2.31. The predicted octanol–water partition coefficient (Wildman–Crippen LogP) is 3.65. The molecule has 1 aliphatic rings. The molecule has 23 heavy (non-hydrogen) atoms. The number of hydrogen-bond acceptors (Lipinski definition) is 3. The quantitative estimate of drug-likeness (QED) is 0.803. The van der Waals surface area contributed by atoms with Crippen molar-refractivity contribution in [3.05, 3.63) is 59.7 Å². The van der Waals surface area contributed by atoms with E-state index in [9.17, 15) is 0 Å². The maximum absolute atomic E-state index is 4.79. The number of rotatable bonds is 3. The lowest BCUT2D eigenvalue weighted by molar-refractivity contribution is 0.195. The van der Waals surface area contributed by atoms with Crippen LogP contribution in [0.3, 0.4) is 0 Å². The number of imidazole rings is 1. The molecule has 0 amide bonds. The van der Waals surface area contributed by atoms with Gasteiger partial charge in [-0.3, -0.25) is 9.88 Å². The number of likely N-dealkylation sites (tertiary alicyclic amines) is 1. The van der Waals surface area contributed by atoms with Gasteiger partial charge in [-0.25, -0.2) is 4.98 Å². The first kappa shape index (κ1) is 14.4. The minimum atomic E-state index is 0.487. The van der Waals surface area contributed by atoms with Gasteiger partial charge < -0.3 is 4.98 Å². The van der Waals surface area contributed by atoms with E-state index < -0.39 is 0 Å². The summed E-state index contributed by atoms with van der Waals surface area (Å²) in [7, 11) is 0. The predicted molar refractivity (Wildman–Crippen MR) is 92.3 cm³/mol. The van der Waals surface area contributed by atoms with Crippen molar-refractivity contribution in [1.29, 1.82) is 0 Å². The highest BCUT2D eigenvalue weighted by Crippen LogP contribution is 2.27. The van der Waals surface area contributed by atoms with Crippen molar-refractivity contribution in [2.45, 2.75) is 32.2 Å². The van der Waals surface area contributed by atoms with Gasteiger partial charge >= 0.3 is 0 Å². The lowest BCUT2D eigenvalue weighted by atomic mass is 9.97. The summed E-state index contributed by atoms with van der Waals surface area (Å²) in [5, 5.41) is 0. The van der Waals surface area contributed by atoms with Crippen molar-refractivity contribution in [1.82, 2.24) is 19.9 Å². The second-order valence-corrected chi connectivity index (χ2v) is 6.48. The number of aromatic nitrogens is 3. The number of piperidine rings is 1.